The second kappa shape index (κ2) is 7.75. The lowest BCUT2D eigenvalue weighted by Gasteiger charge is -2.09. The number of rotatable bonds is 6. The molecule has 6 heteroatoms. The second-order valence-electron chi connectivity index (χ2n) is 5.37. The third-order valence-corrected chi connectivity index (χ3v) is 3.21. The fourth-order valence-electron chi connectivity index (χ4n) is 1.76. The van der Waals surface area contributed by atoms with E-state index in [1.165, 1.54) is 6.33 Å². The maximum absolute atomic E-state index is 12.0. The van der Waals surface area contributed by atoms with Gasteiger partial charge in [0.05, 0.1) is 0 Å². The van der Waals surface area contributed by atoms with Crippen LogP contribution < -0.4 is 10.6 Å². The Morgan fingerprint density at radius 3 is 2.64 bits per heavy atom. The highest BCUT2D eigenvalue weighted by atomic mass is 35.5. The quantitative estimate of drug-likeness (QED) is 0.858. The van der Waals surface area contributed by atoms with Gasteiger partial charge in [0.15, 0.2) is 0 Å². The van der Waals surface area contributed by atoms with Crippen molar-refractivity contribution in [3.63, 3.8) is 0 Å². The van der Waals surface area contributed by atoms with Gasteiger partial charge in [-0.3, -0.25) is 4.79 Å². The number of anilines is 1. The standard InChI is InChI=1S/C16H19ClN4O/c1-11(2)8-19-16(22)14-7-15(21-10-20-14)18-9-12-3-5-13(17)6-4-12/h3-7,10-11H,8-9H2,1-2H3,(H,19,22)(H,18,20,21). The number of aromatic nitrogens is 2. The third-order valence-electron chi connectivity index (χ3n) is 2.96. The summed E-state index contributed by atoms with van der Waals surface area (Å²) < 4.78 is 0. The van der Waals surface area contributed by atoms with Gasteiger partial charge in [-0.2, -0.15) is 0 Å². The number of hydrogen-bond donors (Lipinski definition) is 2. The van der Waals surface area contributed by atoms with Gasteiger partial charge in [0.2, 0.25) is 0 Å². The molecule has 0 spiro atoms. The van der Waals surface area contributed by atoms with E-state index >= 15 is 0 Å². The molecule has 0 saturated carbocycles. The molecule has 1 aromatic carbocycles. The Hall–Kier alpha value is -2.14. The predicted molar refractivity (Wildman–Crippen MR) is 88.0 cm³/mol. The van der Waals surface area contributed by atoms with E-state index in [1.807, 2.05) is 38.1 Å². The van der Waals surface area contributed by atoms with Crippen LogP contribution in [0.1, 0.15) is 29.9 Å². The van der Waals surface area contributed by atoms with Crippen molar-refractivity contribution in [1.82, 2.24) is 15.3 Å². The van der Waals surface area contributed by atoms with Gasteiger partial charge in [-0.15, -0.1) is 0 Å². The number of amides is 1. The molecule has 2 rings (SSSR count). The van der Waals surface area contributed by atoms with Crippen LogP contribution in [0.4, 0.5) is 5.82 Å². The van der Waals surface area contributed by atoms with Crippen LogP contribution in [0.15, 0.2) is 36.7 Å². The largest absolute Gasteiger partial charge is 0.366 e. The highest BCUT2D eigenvalue weighted by Crippen LogP contribution is 2.11. The molecule has 0 bridgehead atoms. The van der Waals surface area contributed by atoms with E-state index in [4.69, 9.17) is 11.6 Å². The van der Waals surface area contributed by atoms with Crippen LogP contribution in [0.3, 0.4) is 0 Å². The van der Waals surface area contributed by atoms with Crippen LogP contribution in [-0.2, 0) is 6.54 Å². The van der Waals surface area contributed by atoms with Crippen molar-refractivity contribution in [2.45, 2.75) is 20.4 Å². The molecule has 0 aliphatic heterocycles. The fraction of sp³-hybridized carbons (Fsp3) is 0.312. The van der Waals surface area contributed by atoms with Crippen LogP contribution in [0, 0.1) is 5.92 Å². The topological polar surface area (TPSA) is 66.9 Å². The first-order valence-corrected chi connectivity index (χ1v) is 7.51. The van der Waals surface area contributed by atoms with E-state index in [1.54, 1.807) is 6.07 Å². The average Bonchev–Trinajstić information content (AvgIpc) is 2.52. The van der Waals surface area contributed by atoms with Crippen molar-refractivity contribution in [3.05, 3.63) is 52.9 Å². The smallest absolute Gasteiger partial charge is 0.270 e. The highest BCUT2D eigenvalue weighted by molar-refractivity contribution is 6.30. The summed E-state index contributed by atoms with van der Waals surface area (Å²) in [5.41, 5.74) is 1.43. The number of hydrogen-bond acceptors (Lipinski definition) is 4. The second-order valence-corrected chi connectivity index (χ2v) is 5.81. The van der Waals surface area contributed by atoms with Crippen molar-refractivity contribution in [2.24, 2.45) is 5.92 Å². The van der Waals surface area contributed by atoms with Gasteiger partial charge in [0, 0.05) is 24.2 Å². The molecule has 0 fully saturated rings. The fourth-order valence-corrected chi connectivity index (χ4v) is 1.89. The van der Waals surface area contributed by atoms with Crippen LogP contribution >= 0.6 is 11.6 Å². The lowest BCUT2D eigenvalue weighted by atomic mass is 10.2. The molecule has 5 nitrogen and oxygen atoms in total. The molecule has 0 saturated heterocycles. The Balaban J connectivity index is 1.96. The summed E-state index contributed by atoms with van der Waals surface area (Å²) in [4.78, 5) is 20.1. The van der Waals surface area contributed by atoms with Gasteiger partial charge < -0.3 is 10.6 Å². The van der Waals surface area contributed by atoms with Gasteiger partial charge in [0.1, 0.15) is 17.8 Å². The van der Waals surface area contributed by atoms with Crippen molar-refractivity contribution >= 4 is 23.3 Å². The number of nitrogens with zero attached hydrogens (tertiary/aromatic N) is 2. The number of nitrogens with one attached hydrogen (secondary N) is 2. The Labute approximate surface area is 135 Å². The van der Waals surface area contributed by atoms with E-state index in [9.17, 15) is 4.79 Å². The van der Waals surface area contributed by atoms with Gasteiger partial charge in [-0.25, -0.2) is 9.97 Å². The summed E-state index contributed by atoms with van der Waals surface area (Å²) in [6.07, 6.45) is 1.38. The van der Waals surface area contributed by atoms with Gasteiger partial charge in [0.25, 0.3) is 5.91 Å². The zero-order chi connectivity index (χ0) is 15.9. The number of carbonyl (C=O) groups is 1. The summed E-state index contributed by atoms with van der Waals surface area (Å²) in [6.45, 7) is 5.30. The third kappa shape index (κ3) is 5.00. The van der Waals surface area contributed by atoms with Crippen molar-refractivity contribution in [2.75, 3.05) is 11.9 Å². The molecule has 0 aliphatic carbocycles. The van der Waals surface area contributed by atoms with E-state index in [2.05, 4.69) is 20.6 Å². The van der Waals surface area contributed by atoms with E-state index in [0.717, 1.165) is 5.56 Å². The monoisotopic (exact) mass is 318 g/mol. The van der Waals surface area contributed by atoms with Crippen molar-refractivity contribution in [3.8, 4) is 0 Å². The SMILES string of the molecule is CC(C)CNC(=O)c1cc(NCc2ccc(Cl)cc2)ncn1. The summed E-state index contributed by atoms with van der Waals surface area (Å²) in [6, 6.07) is 9.19. The Bertz CT molecular complexity index is 628. The molecule has 22 heavy (non-hydrogen) atoms. The Kier molecular flexibility index (Phi) is 5.72. The van der Waals surface area contributed by atoms with E-state index < -0.39 is 0 Å². The van der Waals surface area contributed by atoms with Crippen molar-refractivity contribution < 1.29 is 4.79 Å². The molecule has 1 aromatic heterocycles. The maximum Gasteiger partial charge on any atom is 0.270 e. The minimum atomic E-state index is -0.189. The summed E-state index contributed by atoms with van der Waals surface area (Å²) >= 11 is 5.85. The van der Waals surface area contributed by atoms with Crippen LogP contribution in [0.25, 0.3) is 0 Å². The Morgan fingerprint density at radius 1 is 1.23 bits per heavy atom. The number of benzene rings is 1. The lowest BCUT2D eigenvalue weighted by Crippen LogP contribution is -2.28. The molecular weight excluding hydrogens is 300 g/mol. The van der Waals surface area contributed by atoms with Crippen LogP contribution in [0.5, 0.6) is 0 Å². The molecule has 2 N–H and O–H groups in total. The maximum atomic E-state index is 12.0. The predicted octanol–water partition coefficient (Wildman–Crippen LogP) is 3.13. The normalized spacial score (nSPS) is 10.5. The first-order chi connectivity index (χ1) is 10.5. The van der Waals surface area contributed by atoms with Crippen LogP contribution in [0.2, 0.25) is 5.02 Å². The average molecular weight is 319 g/mol. The summed E-state index contributed by atoms with van der Waals surface area (Å²) in [5.74, 6) is 0.818. The molecule has 0 unspecified atom stereocenters. The zero-order valence-electron chi connectivity index (χ0n) is 12.6. The van der Waals surface area contributed by atoms with Gasteiger partial charge >= 0.3 is 0 Å². The van der Waals surface area contributed by atoms with Crippen LogP contribution in [-0.4, -0.2) is 22.4 Å². The first-order valence-electron chi connectivity index (χ1n) is 7.13. The lowest BCUT2D eigenvalue weighted by molar-refractivity contribution is 0.0944. The van der Waals surface area contributed by atoms with Gasteiger partial charge in [-0.05, 0) is 23.6 Å². The number of halogens is 1. The highest BCUT2D eigenvalue weighted by Gasteiger charge is 2.08. The van der Waals surface area contributed by atoms with E-state index in [-0.39, 0.29) is 5.91 Å². The van der Waals surface area contributed by atoms with Crippen molar-refractivity contribution in [1.29, 1.82) is 0 Å². The first kappa shape index (κ1) is 16.2. The van der Waals surface area contributed by atoms with E-state index in [0.29, 0.717) is 35.5 Å². The molecule has 2 aromatic rings. The molecule has 0 aliphatic rings. The molecule has 1 amide bonds. The minimum absolute atomic E-state index is 0.189. The molecule has 1 heterocycles. The molecule has 0 atom stereocenters. The van der Waals surface area contributed by atoms with Gasteiger partial charge in [-0.1, -0.05) is 37.6 Å². The summed E-state index contributed by atoms with van der Waals surface area (Å²) in [7, 11) is 0. The molecule has 0 radical (unpaired) electrons. The summed E-state index contributed by atoms with van der Waals surface area (Å²) in [5, 5.41) is 6.70. The molecular formula is C16H19ClN4O. The zero-order valence-corrected chi connectivity index (χ0v) is 13.4. The number of carbonyl (C=O) groups excluding carboxylic acids is 1. The Morgan fingerprint density at radius 2 is 1.95 bits per heavy atom. The molecule has 116 valence electrons. The minimum Gasteiger partial charge on any atom is -0.366 e.